The monoisotopic (exact) mass is 255 g/mol. The molecule has 17 heavy (non-hydrogen) atoms. The van der Waals surface area contributed by atoms with Gasteiger partial charge in [0.25, 0.3) is 0 Å². The third-order valence-electron chi connectivity index (χ3n) is 3.39. The highest BCUT2D eigenvalue weighted by Crippen LogP contribution is 2.28. The highest BCUT2D eigenvalue weighted by molar-refractivity contribution is 7.98. The van der Waals surface area contributed by atoms with Gasteiger partial charge in [0.2, 0.25) is 0 Å². The Morgan fingerprint density at radius 1 is 1.71 bits per heavy atom. The largest absolute Gasteiger partial charge is 0.381 e. The zero-order valence-electron chi connectivity index (χ0n) is 10.5. The first-order chi connectivity index (χ1) is 8.24. The molecule has 0 amide bonds. The molecule has 0 aliphatic carbocycles. The topological polar surface area (TPSA) is 53.1 Å². The third-order valence-corrected chi connectivity index (χ3v) is 4.21. The standard InChI is InChI=1S/C12H21N3OS/c1-9(7-17-2)15-8-14-5-11(15)12(13)10-3-4-16-6-10/h5,8-10,12H,3-4,6-7,13H2,1-2H3. The molecule has 0 saturated carbocycles. The fraction of sp³-hybridized carbons (Fsp3) is 0.750. The summed E-state index contributed by atoms with van der Waals surface area (Å²) in [5.41, 5.74) is 7.47. The second-order valence-corrected chi connectivity index (χ2v) is 5.59. The molecule has 0 bridgehead atoms. The maximum absolute atomic E-state index is 6.33. The van der Waals surface area contributed by atoms with Crippen molar-refractivity contribution in [3.8, 4) is 0 Å². The molecule has 3 unspecified atom stereocenters. The smallest absolute Gasteiger partial charge is 0.0951 e. The number of nitrogens with zero attached hydrogens (tertiary/aromatic N) is 2. The SMILES string of the molecule is CSCC(C)n1cncc1C(N)C1CCOC1. The normalized spacial score (nSPS) is 23.8. The molecule has 4 nitrogen and oxygen atoms in total. The summed E-state index contributed by atoms with van der Waals surface area (Å²) in [6.07, 6.45) is 6.98. The molecule has 1 aliphatic rings. The van der Waals surface area contributed by atoms with Crippen molar-refractivity contribution in [2.75, 3.05) is 25.2 Å². The van der Waals surface area contributed by atoms with Gasteiger partial charge in [0.05, 0.1) is 24.7 Å². The van der Waals surface area contributed by atoms with Gasteiger partial charge in [0.1, 0.15) is 0 Å². The highest BCUT2D eigenvalue weighted by Gasteiger charge is 2.27. The second kappa shape index (κ2) is 5.89. The Morgan fingerprint density at radius 3 is 3.18 bits per heavy atom. The Balaban J connectivity index is 2.11. The van der Waals surface area contributed by atoms with Crippen molar-refractivity contribution in [1.29, 1.82) is 0 Å². The van der Waals surface area contributed by atoms with Crippen molar-refractivity contribution in [2.45, 2.75) is 25.4 Å². The molecule has 2 rings (SSSR count). The van der Waals surface area contributed by atoms with Crippen molar-refractivity contribution in [2.24, 2.45) is 11.7 Å². The third kappa shape index (κ3) is 2.84. The van der Waals surface area contributed by atoms with Crippen molar-refractivity contribution in [3.63, 3.8) is 0 Å². The number of ether oxygens (including phenoxy) is 1. The van der Waals surface area contributed by atoms with E-state index in [0.29, 0.717) is 12.0 Å². The van der Waals surface area contributed by atoms with Crippen molar-refractivity contribution in [3.05, 3.63) is 18.2 Å². The lowest BCUT2D eigenvalue weighted by atomic mass is 9.97. The minimum atomic E-state index is 0.0457. The highest BCUT2D eigenvalue weighted by atomic mass is 32.2. The summed E-state index contributed by atoms with van der Waals surface area (Å²) in [6.45, 7) is 3.83. The van der Waals surface area contributed by atoms with Gasteiger partial charge in [-0.25, -0.2) is 4.98 Å². The molecule has 96 valence electrons. The van der Waals surface area contributed by atoms with Gasteiger partial charge in [-0.1, -0.05) is 0 Å². The summed E-state index contributed by atoms with van der Waals surface area (Å²) in [6, 6.07) is 0.486. The number of aromatic nitrogens is 2. The predicted molar refractivity (Wildman–Crippen MR) is 71.2 cm³/mol. The Hall–Kier alpha value is -0.520. The van der Waals surface area contributed by atoms with Gasteiger partial charge in [-0.15, -0.1) is 0 Å². The molecule has 0 spiro atoms. The minimum absolute atomic E-state index is 0.0457. The molecule has 1 aromatic heterocycles. The van der Waals surface area contributed by atoms with E-state index in [2.05, 4.69) is 22.7 Å². The van der Waals surface area contributed by atoms with Gasteiger partial charge in [0, 0.05) is 30.5 Å². The molecular weight excluding hydrogens is 234 g/mol. The van der Waals surface area contributed by atoms with Gasteiger partial charge >= 0.3 is 0 Å². The van der Waals surface area contributed by atoms with Gasteiger partial charge < -0.3 is 15.0 Å². The fourth-order valence-corrected chi connectivity index (χ4v) is 2.98. The summed E-state index contributed by atoms with van der Waals surface area (Å²) < 4.78 is 7.62. The average Bonchev–Trinajstić information content (AvgIpc) is 3.00. The average molecular weight is 255 g/mol. The van der Waals surface area contributed by atoms with Crippen molar-refractivity contribution in [1.82, 2.24) is 9.55 Å². The van der Waals surface area contributed by atoms with Gasteiger partial charge in [-0.3, -0.25) is 0 Å². The van der Waals surface area contributed by atoms with Crippen LogP contribution in [-0.4, -0.2) is 34.8 Å². The first-order valence-corrected chi connectivity index (χ1v) is 7.47. The van der Waals surface area contributed by atoms with Gasteiger partial charge in [-0.2, -0.15) is 11.8 Å². The zero-order valence-corrected chi connectivity index (χ0v) is 11.3. The van der Waals surface area contributed by atoms with Crippen LogP contribution in [-0.2, 0) is 4.74 Å². The lowest BCUT2D eigenvalue weighted by Crippen LogP contribution is -2.25. The fourth-order valence-electron chi connectivity index (χ4n) is 2.34. The molecular formula is C12H21N3OS. The molecule has 1 saturated heterocycles. The van der Waals surface area contributed by atoms with E-state index in [4.69, 9.17) is 10.5 Å². The number of nitrogens with two attached hydrogens (primary N) is 1. The molecule has 1 fully saturated rings. The van der Waals surface area contributed by atoms with Crippen LogP contribution in [0.3, 0.4) is 0 Å². The molecule has 1 aliphatic heterocycles. The van der Waals surface area contributed by atoms with Crippen LogP contribution in [0, 0.1) is 5.92 Å². The Kier molecular flexibility index (Phi) is 4.48. The van der Waals surface area contributed by atoms with Crippen LogP contribution < -0.4 is 5.73 Å². The molecule has 0 aromatic carbocycles. The maximum Gasteiger partial charge on any atom is 0.0951 e. The molecule has 2 heterocycles. The summed E-state index contributed by atoms with van der Waals surface area (Å²) in [5.74, 6) is 1.52. The van der Waals surface area contributed by atoms with Crippen LogP contribution in [0.25, 0.3) is 0 Å². The van der Waals surface area contributed by atoms with E-state index in [1.54, 1.807) is 0 Å². The molecule has 2 N–H and O–H groups in total. The predicted octanol–water partition coefficient (Wildman–Crippen LogP) is 1.84. The van der Waals surface area contributed by atoms with E-state index in [1.807, 2.05) is 24.3 Å². The van der Waals surface area contributed by atoms with E-state index in [9.17, 15) is 0 Å². The van der Waals surface area contributed by atoms with Crippen molar-refractivity contribution < 1.29 is 4.74 Å². The number of thioether (sulfide) groups is 1. The quantitative estimate of drug-likeness (QED) is 0.872. The number of imidazole rings is 1. The number of hydrogen-bond donors (Lipinski definition) is 1. The summed E-state index contributed by atoms with van der Waals surface area (Å²) in [5, 5.41) is 0. The Morgan fingerprint density at radius 2 is 2.53 bits per heavy atom. The molecule has 5 heteroatoms. The van der Waals surface area contributed by atoms with Crippen LogP contribution in [0.1, 0.15) is 31.1 Å². The lowest BCUT2D eigenvalue weighted by molar-refractivity contribution is 0.180. The van der Waals surface area contributed by atoms with E-state index in [0.717, 1.165) is 31.1 Å². The number of rotatable bonds is 5. The zero-order chi connectivity index (χ0) is 12.3. The van der Waals surface area contributed by atoms with Crippen LogP contribution in [0.15, 0.2) is 12.5 Å². The van der Waals surface area contributed by atoms with Crippen LogP contribution in [0.5, 0.6) is 0 Å². The molecule has 1 aromatic rings. The summed E-state index contributed by atoms with van der Waals surface area (Å²) in [7, 11) is 0. The van der Waals surface area contributed by atoms with Crippen molar-refractivity contribution >= 4 is 11.8 Å². The Labute approximate surface area is 107 Å². The van der Waals surface area contributed by atoms with Gasteiger partial charge in [0.15, 0.2) is 0 Å². The van der Waals surface area contributed by atoms with E-state index >= 15 is 0 Å². The first-order valence-electron chi connectivity index (χ1n) is 6.08. The van der Waals surface area contributed by atoms with E-state index < -0.39 is 0 Å². The van der Waals surface area contributed by atoms with Crippen LogP contribution in [0.2, 0.25) is 0 Å². The maximum atomic E-state index is 6.33. The molecule has 3 atom stereocenters. The van der Waals surface area contributed by atoms with Crippen LogP contribution >= 0.6 is 11.8 Å². The Bertz CT molecular complexity index is 349. The summed E-state index contributed by atoms with van der Waals surface area (Å²) in [4.78, 5) is 4.25. The van der Waals surface area contributed by atoms with Gasteiger partial charge in [-0.05, 0) is 19.6 Å². The second-order valence-electron chi connectivity index (χ2n) is 4.68. The van der Waals surface area contributed by atoms with E-state index in [1.165, 1.54) is 0 Å². The molecule has 0 radical (unpaired) electrons. The summed E-state index contributed by atoms with van der Waals surface area (Å²) >= 11 is 1.85. The minimum Gasteiger partial charge on any atom is -0.381 e. The first kappa shape index (κ1) is 12.9. The number of hydrogen-bond acceptors (Lipinski definition) is 4. The van der Waals surface area contributed by atoms with Crippen LogP contribution in [0.4, 0.5) is 0 Å². The lowest BCUT2D eigenvalue weighted by Gasteiger charge is -2.22. The van der Waals surface area contributed by atoms with E-state index in [-0.39, 0.29) is 6.04 Å².